The number of nitrogens with zero attached hydrogens (tertiary/aromatic N) is 5. The monoisotopic (exact) mass is 410 g/mol. The van der Waals surface area contributed by atoms with Crippen molar-refractivity contribution in [1.29, 1.82) is 0 Å². The summed E-state index contributed by atoms with van der Waals surface area (Å²) >= 11 is 0. The predicted octanol–water partition coefficient (Wildman–Crippen LogP) is 1.77. The number of pyridine rings is 1. The van der Waals surface area contributed by atoms with E-state index in [2.05, 4.69) is 43.3 Å². The van der Waals surface area contributed by atoms with Crippen LogP contribution < -0.4 is 19.7 Å². The topological polar surface area (TPSA) is 65.5 Å². The number of anilines is 1. The van der Waals surface area contributed by atoms with Gasteiger partial charge in [-0.2, -0.15) is 0 Å². The summed E-state index contributed by atoms with van der Waals surface area (Å²) in [6.45, 7) is 5.85. The third kappa shape index (κ3) is 4.76. The van der Waals surface area contributed by atoms with Gasteiger partial charge in [0.2, 0.25) is 6.79 Å². The third-order valence-corrected chi connectivity index (χ3v) is 5.45. The number of aromatic nitrogens is 1. The Hall–Kier alpha value is -3.00. The molecule has 0 unspecified atom stereocenters. The average Bonchev–Trinajstić information content (AvgIpc) is 3.23. The largest absolute Gasteiger partial charge is 0.454 e. The molecule has 0 amide bonds. The first-order valence-corrected chi connectivity index (χ1v) is 10.3. The Morgan fingerprint density at radius 1 is 1.07 bits per heavy atom. The van der Waals surface area contributed by atoms with Gasteiger partial charge in [0.1, 0.15) is 5.82 Å². The van der Waals surface area contributed by atoms with E-state index in [1.807, 2.05) is 44.4 Å². The van der Waals surface area contributed by atoms with Gasteiger partial charge in [0.15, 0.2) is 17.5 Å². The fraction of sp³-hybridized carbons (Fsp3) is 0.455. The maximum absolute atomic E-state index is 5.50. The van der Waals surface area contributed by atoms with E-state index in [1.54, 1.807) is 0 Å². The van der Waals surface area contributed by atoms with Crippen LogP contribution >= 0.6 is 0 Å². The third-order valence-electron chi connectivity index (χ3n) is 5.45. The highest BCUT2D eigenvalue weighted by Crippen LogP contribution is 2.32. The molecule has 0 spiro atoms. The van der Waals surface area contributed by atoms with E-state index in [-0.39, 0.29) is 0 Å². The van der Waals surface area contributed by atoms with E-state index in [1.165, 1.54) is 11.1 Å². The first-order valence-electron chi connectivity index (χ1n) is 10.3. The molecule has 2 aliphatic heterocycles. The van der Waals surface area contributed by atoms with Crippen LogP contribution in [0.3, 0.4) is 0 Å². The zero-order chi connectivity index (χ0) is 20.9. The summed E-state index contributed by atoms with van der Waals surface area (Å²) in [5.41, 5.74) is 2.45. The van der Waals surface area contributed by atoms with Crippen LogP contribution in [-0.4, -0.2) is 74.9 Å². The highest BCUT2D eigenvalue weighted by molar-refractivity contribution is 5.80. The number of guanidine groups is 1. The molecular weight excluding hydrogens is 380 g/mol. The van der Waals surface area contributed by atoms with Crippen LogP contribution in [0.25, 0.3) is 0 Å². The summed E-state index contributed by atoms with van der Waals surface area (Å²) in [6.07, 6.45) is 1.85. The number of ether oxygens (including phenoxy) is 2. The van der Waals surface area contributed by atoms with Crippen molar-refractivity contribution in [3.05, 3.63) is 47.7 Å². The van der Waals surface area contributed by atoms with Gasteiger partial charge in [-0.3, -0.25) is 9.89 Å². The SMILES string of the molecule is CN=C(NCc1ccnc(N(C)C)c1)N1CCN(Cc2ccc3c(c2)OCO3)CC1. The molecule has 1 aromatic heterocycles. The van der Waals surface area contributed by atoms with Gasteiger partial charge in [-0.1, -0.05) is 6.07 Å². The van der Waals surface area contributed by atoms with Crippen molar-refractivity contribution in [2.45, 2.75) is 13.1 Å². The van der Waals surface area contributed by atoms with Crippen LogP contribution in [0.2, 0.25) is 0 Å². The quantitative estimate of drug-likeness (QED) is 0.595. The van der Waals surface area contributed by atoms with Gasteiger partial charge in [0, 0.05) is 66.6 Å². The minimum Gasteiger partial charge on any atom is -0.454 e. The Labute approximate surface area is 178 Å². The average molecular weight is 411 g/mol. The van der Waals surface area contributed by atoms with E-state index >= 15 is 0 Å². The Balaban J connectivity index is 1.28. The molecule has 0 radical (unpaired) electrons. The lowest BCUT2D eigenvalue weighted by atomic mass is 10.1. The lowest BCUT2D eigenvalue weighted by molar-refractivity contribution is 0.171. The maximum Gasteiger partial charge on any atom is 0.231 e. The minimum atomic E-state index is 0.319. The number of aliphatic imine (C=N–C) groups is 1. The minimum absolute atomic E-state index is 0.319. The predicted molar refractivity (Wildman–Crippen MR) is 118 cm³/mol. The van der Waals surface area contributed by atoms with Crippen LogP contribution in [0.1, 0.15) is 11.1 Å². The Morgan fingerprint density at radius 2 is 1.87 bits per heavy atom. The highest BCUT2D eigenvalue weighted by atomic mass is 16.7. The van der Waals surface area contributed by atoms with Crippen molar-refractivity contribution in [2.75, 3.05) is 59.0 Å². The van der Waals surface area contributed by atoms with Crippen molar-refractivity contribution in [3.8, 4) is 11.5 Å². The maximum atomic E-state index is 5.50. The van der Waals surface area contributed by atoms with Crippen molar-refractivity contribution in [3.63, 3.8) is 0 Å². The smallest absolute Gasteiger partial charge is 0.231 e. The van der Waals surface area contributed by atoms with Crippen molar-refractivity contribution >= 4 is 11.8 Å². The lowest BCUT2D eigenvalue weighted by Crippen LogP contribution is -2.52. The van der Waals surface area contributed by atoms with Gasteiger partial charge in [-0.15, -0.1) is 0 Å². The second kappa shape index (κ2) is 9.21. The first-order chi connectivity index (χ1) is 14.6. The van der Waals surface area contributed by atoms with Gasteiger partial charge >= 0.3 is 0 Å². The van der Waals surface area contributed by atoms with Crippen LogP contribution in [0.15, 0.2) is 41.5 Å². The lowest BCUT2D eigenvalue weighted by Gasteiger charge is -2.36. The normalized spacial score (nSPS) is 16.6. The molecule has 1 saturated heterocycles. The molecule has 0 saturated carbocycles. The summed E-state index contributed by atoms with van der Waals surface area (Å²) in [7, 11) is 5.85. The van der Waals surface area contributed by atoms with E-state index in [0.717, 1.165) is 62.5 Å². The summed E-state index contributed by atoms with van der Waals surface area (Å²) in [5.74, 6) is 3.59. The zero-order valence-electron chi connectivity index (χ0n) is 18.0. The van der Waals surface area contributed by atoms with Crippen LogP contribution in [-0.2, 0) is 13.1 Å². The molecule has 3 heterocycles. The summed E-state index contributed by atoms with van der Waals surface area (Å²) in [6, 6.07) is 10.4. The molecule has 8 heteroatoms. The number of nitrogens with one attached hydrogen (secondary N) is 1. The molecule has 2 aromatic rings. The van der Waals surface area contributed by atoms with Gasteiger partial charge in [0.25, 0.3) is 0 Å². The van der Waals surface area contributed by atoms with Crippen LogP contribution in [0, 0.1) is 0 Å². The van der Waals surface area contributed by atoms with Gasteiger partial charge in [0.05, 0.1) is 0 Å². The summed E-state index contributed by atoms with van der Waals surface area (Å²) in [5, 5.41) is 3.50. The Bertz CT molecular complexity index is 893. The molecule has 8 nitrogen and oxygen atoms in total. The number of piperazine rings is 1. The van der Waals surface area contributed by atoms with Crippen LogP contribution in [0.5, 0.6) is 11.5 Å². The van der Waals surface area contributed by atoms with E-state index < -0.39 is 0 Å². The molecule has 30 heavy (non-hydrogen) atoms. The van der Waals surface area contributed by atoms with Crippen molar-refractivity contribution in [2.24, 2.45) is 4.99 Å². The second-order valence-electron chi connectivity index (χ2n) is 7.77. The van der Waals surface area contributed by atoms with Crippen LogP contribution in [0.4, 0.5) is 5.82 Å². The van der Waals surface area contributed by atoms with Crippen molar-refractivity contribution in [1.82, 2.24) is 20.1 Å². The Kier molecular flexibility index (Phi) is 6.23. The number of hydrogen-bond donors (Lipinski definition) is 1. The fourth-order valence-electron chi connectivity index (χ4n) is 3.74. The molecule has 0 aliphatic carbocycles. The fourth-order valence-corrected chi connectivity index (χ4v) is 3.74. The number of hydrogen-bond acceptors (Lipinski definition) is 6. The van der Waals surface area contributed by atoms with Gasteiger partial charge in [-0.25, -0.2) is 4.98 Å². The van der Waals surface area contributed by atoms with Gasteiger partial charge < -0.3 is 24.6 Å². The standard InChI is InChI=1S/C22H30N6O2/c1-23-22(25-14-17-6-7-24-21(13-17)26(2)3)28-10-8-27(9-11-28)15-18-4-5-19-20(12-18)30-16-29-19/h4-7,12-13H,8-11,14-16H2,1-3H3,(H,23,25). The molecular formula is C22H30N6O2. The molecule has 1 N–H and O–H groups in total. The van der Waals surface area contributed by atoms with Crippen molar-refractivity contribution < 1.29 is 9.47 Å². The molecule has 2 aliphatic rings. The highest BCUT2D eigenvalue weighted by Gasteiger charge is 2.21. The molecule has 1 fully saturated rings. The van der Waals surface area contributed by atoms with E-state index in [0.29, 0.717) is 6.79 Å². The van der Waals surface area contributed by atoms with E-state index in [4.69, 9.17) is 9.47 Å². The molecule has 0 bridgehead atoms. The molecule has 4 rings (SSSR count). The zero-order valence-corrected chi connectivity index (χ0v) is 18.0. The van der Waals surface area contributed by atoms with E-state index in [9.17, 15) is 0 Å². The number of rotatable bonds is 5. The number of benzene rings is 1. The summed E-state index contributed by atoms with van der Waals surface area (Å²) < 4.78 is 10.9. The second-order valence-corrected chi connectivity index (χ2v) is 7.77. The Morgan fingerprint density at radius 3 is 2.63 bits per heavy atom. The number of fused-ring (bicyclic) bond motifs is 1. The molecule has 160 valence electrons. The summed E-state index contributed by atoms with van der Waals surface area (Å²) in [4.78, 5) is 15.7. The van der Waals surface area contributed by atoms with Gasteiger partial charge in [-0.05, 0) is 35.4 Å². The first kappa shape index (κ1) is 20.3. The molecule has 1 aromatic carbocycles. The molecule has 0 atom stereocenters.